The second kappa shape index (κ2) is 5.86. The Kier molecular flexibility index (Phi) is 4.19. The normalized spacial score (nSPS) is 11.4. The molecular weight excluding hydrogens is 216 g/mol. The molecule has 0 aliphatic heterocycles. The van der Waals surface area contributed by atoms with Gasteiger partial charge in [0, 0.05) is 0 Å². The lowest BCUT2D eigenvalue weighted by atomic mass is 9.80. The van der Waals surface area contributed by atoms with E-state index in [1.807, 2.05) is 0 Å². The molecule has 0 radical (unpaired) electrons. The van der Waals surface area contributed by atoms with E-state index in [4.69, 9.17) is 0 Å². The summed E-state index contributed by atoms with van der Waals surface area (Å²) in [7, 11) is 0. The fraction of sp³-hybridized carbons (Fsp3) is 0.333. The van der Waals surface area contributed by atoms with Crippen molar-refractivity contribution in [2.45, 2.75) is 38.5 Å². The maximum Gasteiger partial charge on any atom is -0.0103 e. The predicted molar refractivity (Wildman–Crippen MR) is 78.8 cm³/mol. The number of aryl methyl sites for hydroxylation is 1. The maximum atomic E-state index is 2.34. The third-order valence-corrected chi connectivity index (χ3v) is 3.67. The van der Waals surface area contributed by atoms with Gasteiger partial charge in [0.25, 0.3) is 0 Å². The van der Waals surface area contributed by atoms with E-state index in [2.05, 4.69) is 74.5 Å². The lowest BCUT2D eigenvalue weighted by Crippen LogP contribution is -2.17. The van der Waals surface area contributed by atoms with Gasteiger partial charge < -0.3 is 0 Å². The van der Waals surface area contributed by atoms with Crippen molar-refractivity contribution in [2.75, 3.05) is 0 Å². The van der Waals surface area contributed by atoms with E-state index in [-0.39, 0.29) is 5.41 Å². The SMILES string of the molecule is CC(C)(CCCc1ccccc1)c1ccccc1. The Hall–Kier alpha value is -1.56. The topological polar surface area (TPSA) is 0 Å². The zero-order chi connectivity index (χ0) is 12.8. The van der Waals surface area contributed by atoms with Gasteiger partial charge >= 0.3 is 0 Å². The van der Waals surface area contributed by atoms with Crippen molar-refractivity contribution in [3.05, 3.63) is 71.8 Å². The summed E-state index contributed by atoms with van der Waals surface area (Å²) >= 11 is 0. The molecular formula is C18H22. The third kappa shape index (κ3) is 3.46. The Balaban J connectivity index is 1.90. The number of benzene rings is 2. The molecule has 0 saturated carbocycles. The molecule has 0 bridgehead atoms. The van der Waals surface area contributed by atoms with Crippen LogP contribution in [0.25, 0.3) is 0 Å². The highest BCUT2D eigenvalue weighted by atomic mass is 14.2. The molecule has 2 aromatic rings. The van der Waals surface area contributed by atoms with Gasteiger partial charge in [-0.2, -0.15) is 0 Å². The molecule has 0 amide bonds. The van der Waals surface area contributed by atoms with Gasteiger partial charge in [0.1, 0.15) is 0 Å². The van der Waals surface area contributed by atoms with Gasteiger partial charge in [-0.15, -0.1) is 0 Å². The Morgan fingerprint density at radius 2 is 1.33 bits per heavy atom. The molecule has 2 rings (SSSR count). The Morgan fingerprint density at radius 1 is 0.778 bits per heavy atom. The van der Waals surface area contributed by atoms with Crippen molar-refractivity contribution in [3.63, 3.8) is 0 Å². The van der Waals surface area contributed by atoms with Gasteiger partial charge in [-0.1, -0.05) is 74.5 Å². The van der Waals surface area contributed by atoms with Crippen LogP contribution >= 0.6 is 0 Å². The zero-order valence-corrected chi connectivity index (χ0v) is 11.4. The number of hydrogen-bond donors (Lipinski definition) is 0. The average Bonchev–Trinajstić information content (AvgIpc) is 2.41. The highest BCUT2D eigenvalue weighted by Gasteiger charge is 2.19. The van der Waals surface area contributed by atoms with Crippen LogP contribution in [0.15, 0.2) is 60.7 Å². The molecule has 0 nitrogen and oxygen atoms in total. The first-order valence-electron chi connectivity index (χ1n) is 6.78. The molecule has 0 aliphatic carbocycles. The molecule has 0 aromatic heterocycles. The fourth-order valence-corrected chi connectivity index (χ4v) is 2.41. The lowest BCUT2D eigenvalue weighted by molar-refractivity contribution is 0.461. The van der Waals surface area contributed by atoms with Crippen molar-refractivity contribution >= 4 is 0 Å². The van der Waals surface area contributed by atoms with E-state index in [9.17, 15) is 0 Å². The van der Waals surface area contributed by atoms with Gasteiger partial charge in [-0.05, 0) is 35.8 Å². The molecule has 0 atom stereocenters. The monoisotopic (exact) mass is 238 g/mol. The molecule has 0 unspecified atom stereocenters. The third-order valence-electron chi connectivity index (χ3n) is 3.67. The van der Waals surface area contributed by atoms with Gasteiger partial charge in [-0.3, -0.25) is 0 Å². The van der Waals surface area contributed by atoms with E-state index < -0.39 is 0 Å². The van der Waals surface area contributed by atoms with E-state index in [0.29, 0.717) is 0 Å². The highest BCUT2D eigenvalue weighted by molar-refractivity contribution is 5.23. The largest absolute Gasteiger partial charge is 0.0622 e. The second-order valence-electron chi connectivity index (χ2n) is 5.59. The summed E-state index contributed by atoms with van der Waals surface area (Å²) in [5.41, 5.74) is 3.16. The Morgan fingerprint density at radius 3 is 1.94 bits per heavy atom. The van der Waals surface area contributed by atoms with Gasteiger partial charge in [0.15, 0.2) is 0 Å². The molecule has 0 heteroatoms. The van der Waals surface area contributed by atoms with Crippen LogP contribution in [-0.2, 0) is 11.8 Å². The molecule has 0 fully saturated rings. The quantitative estimate of drug-likeness (QED) is 0.688. The van der Waals surface area contributed by atoms with Crippen LogP contribution in [0, 0.1) is 0 Å². The van der Waals surface area contributed by atoms with Gasteiger partial charge in [0.2, 0.25) is 0 Å². The van der Waals surface area contributed by atoms with Crippen LogP contribution in [0.4, 0.5) is 0 Å². The van der Waals surface area contributed by atoms with Crippen LogP contribution in [0.2, 0.25) is 0 Å². The Bertz CT molecular complexity index is 454. The fourth-order valence-electron chi connectivity index (χ4n) is 2.41. The second-order valence-corrected chi connectivity index (χ2v) is 5.59. The first kappa shape index (κ1) is 12.9. The minimum Gasteiger partial charge on any atom is -0.0622 e. The minimum absolute atomic E-state index is 0.274. The minimum atomic E-state index is 0.274. The first-order chi connectivity index (χ1) is 8.68. The Labute approximate surface area is 111 Å². The smallest absolute Gasteiger partial charge is 0.0103 e. The molecule has 0 saturated heterocycles. The van der Waals surface area contributed by atoms with Crippen LogP contribution in [-0.4, -0.2) is 0 Å². The summed E-state index contributed by atoms with van der Waals surface area (Å²) in [6.45, 7) is 4.68. The molecule has 0 N–H and O–H groups in total. The summed E-state index contributed by atoms with van der Waals surface area (Å²) in [4.78, 5) is 0. The van der Waals surface area contributed by atoms with Crippen molar-refractivity contribution < 1.29 is 0 Å². The summed E-state index contributed by atoms with van der Waals surface area (Å²) in [6, 6.07) is 21.6. The van der Waals surface area contributed by atoms with Crippen LogP contribution < -0.4 is 0 Å². The standard InChI is InChI=1S/C18H22/c1-18(2,17-13-7-4-8-14-17)15-9-12-16-10-5-3-6-11-16/h3-8,10-11,13-14H,9,12,15H2,1-2H3. The van der Waals surface area contributed by atoms with E-state index in [1.54, 1.807) is 0 Å². The highest BCUT2D eigenvalue weighted by Crippen LogP contribution is 2.28. The first-order valence-corrected chi connectivity index (χ1v) is 6.78. The molecule has 0 spiro atoms. The maximum absolute atomic E-state index is 2.34. The van der Waals surface area contributed by atoms with E-state index >= 15 is 0 Å². The number of hydrogen-bond acceptors (Lipinski definition) is 0. The van der Waals surface area contributed by atoms with Gasteiger partial charge in [0.05, 0.1) is 0 Å². The van der Waals surface area contributed by atoms with Crippen molar-refractivity contribution in [3.8, 4) is 0 Å². The van der Waals surface area contributed by atoms with Crippen molar-refractivity contribution in [1.29, 1.82) is 0 Å². The molecule has 18 heavy (non-hydrogen) atoms. The summed E-state index contributed by atoms with van der Waals surface area (Å²) in [5, 5.41) is 0. The lowest BCUT2D eigenvalue weighted by Gasteiger charge is -2.25. The van der Waals surface area contributed by atoms with Crippen LogP contribution in [0.5, 0.6) is 0 Å². The zero-order valence-electron chi connectivity index (χ0n) is 11.4. The van der Waals surface area contributed by atoms with E-state index in [1.165, 1.54) is 30.4 Å². The summed E-state index contributed by atoms with van der Waals surface area (Å²) < 4.78 is 0. The average molecular weight is 238 g/mol. The van der Waals surface area contributed by atoms with Gasteiger partial charge in [-0.25, -0.2) is 0 Å². The molecule has 2 aromatic carbocycles. The molecule has 0 aliphatic rings. The molecule has 94 valence electrons. The van der Waals surface area contributed by atoms with Crippen molar-refractivity contribution in [2.24, 2.45) is 0 Å². The summed E-state index contributed by atoms with van der Waals surface area (Å²) in [6.07, 6.45) is 3.65. The van der Waals surface area contributed by atoms with E-state index in [0.717, 1.165) is 0 Å². The summed E-state index contributed by atoms with van der Waals surface area (Å²) in [5.74, 6) is 0. The van der Waals surface area contributed by atoms with Crippen LogP contribution in [0.3, 0.4) is 0 Å². The molecule has 0 heterocycles. The number of rotatable bonds is 5. The van der Waals surface area contributed by atoms with Crippen molar-refractivity contribution in [1.82, 2.24) is 0 Å². The predicted octanol–water partition coefficient (Wildman–Crippen LogP) is 4.99. The van der Waals surface area contributed by atoms with Crippen LogP contribution in [0.1, 0.15) is 37.8 Å².